The van der Waals surface area contributed by atoms with Gasteiger partial charge in [-0.1, -0.05) is 29.3 Å². The molecule has 2 aromatic carbocycles. The van der Waals surface area contributed by atoms with Crippen molar-refractivity contribution in [3.8, 4) is 5.75 Å². The number of carbonyl (C=O) groups excluding carboxylic acids is 1. The molecule has 0 unspecified atom stereocenters. The minimum Gasteiger partial charge on any atom is -0.496 e. The zero-order chi connectivity index (χ0) is 23.0. The highest BCUT2D eigenvalue weighted by Crippen LogP contribution is 2.26. The van der Waals surface area contributed by atoms with Crippen LogP contribution in [0, 0.1) is 0 Å². The first-order valence-corrected chi connectivity index (χ1v) is 11.3. The van der Waals surface area contributed by atoms with Gasteiger partial charge in [-0.2, -0.15) is 0 Å². The number of rotatable bonds is 10. The fourth-order valence-corrected chi connectivity index (χ4v) is 4.15. The van der Waals surface area contributed by atoms with Crippen LogP contribution in [0.2, 0.25) is 10.0 Å². The van der Waals surface area contributed by atoms with E-state index in [1.54, 1.807) is 31.4 Å². The zero-order valence-corrected chi connectivity index (χ0v) is 20.4. The Bertz CT molecular complexity index is 882. The summed E-state index contributed by atoms with van der Waals surface area (Å²) in [5.74, 6) is 0.579. The van der Waals surface area contributed by atoms with E-state index in [-0.39, 0.29) is 5.91 Å². The molecule has 1 amide bonds. The summed E-state index contributed by atoms with van der Waals surface area (Å²) < 4.78 is 5.52. The predicted octanol–water partition coefficient (Wildman–Crippen LogP) is 6.71. The molecule has 31 heavy (non-hydrogen) atoms. The van der Waals surface area contributed by atoms with E-state index in [0.717, 1.165) is 36.4 Å². The van der Waals surface area contributed by atoms with E-state index in [2.05, 4.69) is 37.9 Å². The van der Waals surface area contributed by atoms with E-state index >= 15 is 0 Å². The zero-order valence-electron chi connectivity index (χ0n) is 18.9. The molecule has 0 radical (unpaired) electrons. The highest BCUT2D eigenvalue weighted by Gasteiger charge is 2.13. The quantitative estimate of drug-likeness (QED) is 0.399. The average Bonchev–Trinajstić information content (AvgIpc) is 2.70. The number of nitrogens with zero attached hydrogens (tertiary/aromatic N) is 1. The number of ether oxygens (including phenoxy) is 1. The lowest BCUT2D eigenvalue weighted by Gasteiger charge is -2.30. The van der Waals surface area contributed by atoms with E-state index in [0.29, 0.717) is 27.7 Å². The van der Waals surface area contributed by atoms with Gasteiger partial charge in [0.25, 0.3) is 0 Å². The van der Waals surface area contributed by atoms with Gasteiger partial charge in [-0.05, 0) is 89.1 Å². The van der Waals surface area contributed by atoms with Crippen LogP contribution in [0.4, 0.5) is 5.69 Å². The fourth-order valence-electron chi connectivity index (χ4n) is 3.63. The lowest BCUT2D eigenvalue weighted by Crippen LogP contribution is -2.37. The molecule has 0 heterocycles. The molecule has 4 nitrogen and oxygen atoms in total. The van der Waals surface area contributed by atoms with E-state index in [1.807, 2.05) is 18.2 Å². The number of carbonyl (C=O) groups is 1. The fraction of sp³-hybridized carbons (Fsp3) is 0.400. The Hall–Kier alpha value is -2.01. The van der Waals surface area contributed by atoms with Crippen molar-refractivity contribution in [3.63, 3.8) is 0 Å². The van der Waals surface area contributed by atoms with Crippen molar-refractivity contribution in [2.45, 2.75) is 52.6 Å². The smallest absolute Gasteiger partial charge is 0.248 e. The molecule has 1 N–H and O–H groups in total. The van der Waals surface area contributed by atoms with Gasteiger partial charge in [-0.15, -0.1) is 0 Å². The van der Waals surface area contributed by atoms with Crippen molar-refractivity contribution in [2.24, 2.45) is 0 Å². The number of halogens is 2. The van der Waals surface area contributed by atoms with E-state index in [1.165, 1.54) is 6.08 Å². The first-order valence-electron chi connectivity index (χ1n) is 10.6. The van der Waals surface area contributed by atoms with Crippen molar-refractivity contribution in [3.05, 3.63) is 63.6 Å². The number of nitrogens with one attached hydrogen (secondary N) is 1. The maximum absolute atomic E-state index is 12.4. The Morgan fingerprint density at radius 3 is 2.32 bits per heavy atom. The predicted molar refractivity (Wildman–Crippen MR) is 132 cm³/mol. The maximum atomic E-state index is 12.4. The van der Waals surface area contributed by atoms with Crippen LogP contribution in [0.1, 0.15) is 45.2 Å². The highest BCUT2D eigenvalue weighted by molar-refractivity contribution is 6.37. The molecular formula is C25H32Cl2N2O2. The minimum absolute atomic E-state index is 0.252. The summed E-state index contributed by atoms with van der Waals surface area (Å²) in [5, 5.41) is 3.90. The van der Waals surface area contributed by atoms with Crippen molar-refractivity contribution >= 4 is 40.9 Å². The van der Waals surface area contributed by atoms with Gasteiger partial charge in [0.2, 0.25) is 5.91 Å². The summed E-state index contributed by atoms with van der Waals surface area (Å²) in [6.07, 6.45) is 4.93. The average molecular weight is 463 g/mol. The van der Waals surface area contributed by atoms with Gasteiger partial charge in [0, 0.05) is 39.5 Å². The third-order valence-electron chi connectivity index (χ3n) is 5.14. The SMILES string of the molecule is COc1ccc(NC(=O)/C=C/c2c(Cl)cccc2Cl)cc1CCCN(C(C)C)C(C)C. The molecule has 0 spiro atoms. The van der Waals surface area contributed by atoms with Gasteiger partial charge >= 0.3 is 0 Å². The summed E-state index contributed by atoms with van der Waals surface area (Å²) in [6, 6.07) is 12.0. The number of hydrogen-bond acceptors (Lipinski definition) is 3. The van der Waals surface area contributed by atoms with Crippen molar-refractivity contribution in [1.29, 1.82) is 0 Å². The molecule has 0 bridgehead atoms. The van der Waals surface area contributed by atoms with Crippen molar-refractivity contribution in [2.75, 3.05) is 19.0 Å². The summed E-state index contributed by atoms with van der Waals surface area (Å²) in [4.78, 5) is 14.9. The van der Waals surface area contributed by atoms with E-state index < -0.39 is 0 Å². The van der Waals surface area contributed by atoms with Crippen LogP contribution in [0.15, 0.2) is 42.5 Å². The normalized spacial score (nSPS) is 11.7. The number of hydrogen-bond donors (Lipinski definition) is 1. The first kappa shape index (κ1) is 25.3. The van der Waals surface area contributed by atoms with Crippen LogP contribution in [-0.4, -0.2) is 36.5 Å². The monoisotopic (exact) mass is 462 g/mol. The van der Waals surface area contributed by atoms with Crippen LogP contribution in [0.25, 0.3) is 6.08 Å². The molecule has 0 fully saturated rings. The standard InChI is InChI=1S/C25H32Cl2N2O2/c1-17(2)29(18(3)4)15-7-8-19-16-20(11-13-24(19)31-5)28-25(30)14-12-21-22(26)9-6-10-23(21)27/h6,9-14,16-18H,7-8,15H2,1-5H3,(H,28,30)/b14-12+. The first-order chi connectivity index (χ1) is 14.7. The van der Waals surface area contributed by atoms with Gasteiger partial charge in [-0.3, -0.25) is 9.69 Å². The second-order valence-corrected chi connectivity index (χ2v) is 8.83. The largest absolute Gasteiger partial charge is 0.496 e. The molecule has 168 valence electrons. The van der Waals surface area contributed by atoms with Gasteiger partial charge in [0.15, 0.2) is 0 Å². The molecule has 0 atom stereocenters. The Balaban J connectivity index is 2.05. The highest BCUT2D eigenvalue weighted by atomic mass is 35.5. The van der Waals surface area contributed by atoms with E-state index in [4.69, 9.17) is 27.9 Å². The summed E-state index contributed by atoms with van der Waals surface area (Å²) in [6.45, 7) is 9.90. The molecule has 2 rings (SSSR count). The van der Waals surface area contributed by atoms with Crippen LogP contribution in [0.3, 0.4) is 0 Å². The van der Waals surface area contributed by atoms with Crippen molar-refractivity contribution < 1.29 is 9.53 Å². The topological polar surface area (TPSA) is 41.6 Å². The second-order valence-electron chi connectivity index (χ2n) is 8.01. The van der Waals surface area contributed by atoms with Crippen LogP contribution < -0.4 is 10.1 Å². The summed E-state index contributed by atoms with van der Waals surface area (Å²) >= 11 is 12.3. The van der Waals surface area contributed by atoms with Crippen molar-refractivity contribution in [1.82, 2.24) is 4.90 Å². The van der Waals surface area contributed by atoms with Gasteiger partial charge < -0.3 is 10.1 Å². The molecule has 0 aliphatic carbocycles. The Labute approximate surface area is 196 Å². The Morgan fingerprint density at radius 2 is 1.74 bits per heavy atom. The summed E-state index contributed by atoms with van der Waals surface area (Å²) in [5.41, 5.74) is 2.42. The molecule has 0 aliphatic rings. The summed E-state index contributed by atoms with van der Waals surface area (Å²) in [7, 11) is 1.67. The molecule has 6 heteroatoms. The third-order valence-corrected chi connectivity index (χ3v) is 5.80. The van der Waals surface area contributed by atoms with Gasteiger partial charge in [0.05, 0.1) is 7.11 Å². The van der Waals surface area contributed by atoms with Crippen LogP contribution in [0.5, 0.6) is 5.75 Å². The van der Waals surface area contributed by atoms with Crippen LogP contribution in [-0.2, 0) is 11.2 Å². The molecule has 0 saturated carbocycles. The number of aryl methyl sites for hydroxylation is 1. The minimum atomic E-state index is -0.252. The number of anilines is 1. The number of benzene rings is 2. The Kier molecular flexibility index (Phi) is 9.89. The Morgan fingerprint density at radius 1 is 1.10 bits per heavy atom. The maximum Gasteiger partial charge on any atom is 0.248 e. The van der Waals surface area contributed by atoms with Crippen LogP contribution >= 0.6 is 23.2 Å². The molecule has 0 aliphatic heterocycles. The van der Waals surface area contributed by atoms with E-state index in [9.17, 15) is 4.79 Å². The number of amides is 1. The lowest BCUT2D eigenvalue weighted by atomic mass is 10.1. The van der Waals surface area contributed by atoms with Gasteiger partial charge in [0.1, 0.15) is 5.75 Å². The lowest BCUT2D eigenvalue weighted by molar-refractivity contribution is -0.111. The third kappa shape index (κ3) is 7.57. The molecule has 0 saturated heterocycles. The number of methoxy groups -OCH3 is 1. The molecule has 2 aromatic rings. The second kappa shape index (κ2) is 12.1. The molecular weight excluding hydrogens is 431 g/mol. The van der Waals surface area contributed by atoms with Gasteiger partial charge in [-0.25, -0.2) is 0 Å². The molecule has 0 aromatic heterocycles.